The number of fused-ring (bicyclic) bond motifs is 4. The van der Waals surface area contributed by atoms with E-state index in [9.17, 15) is 0 Å². The van der Waals surface area contributed by atoms with Crippen LogP contribution in [0.1, 0.15) is 26.4 Å². The molecule has 11 aromatic carbocycles. The maximum Gasteiger partial charge on any atom is 0.130 e. The van der Waals surface area contributed by atoms with Crippen LogP contribution in [0.2, 0.25) is 0 Å². The van der Waals surface area contributed by atoms with Gasteiger partial charge >= 0.3 is 0 Å². The van der Waals surface area contributed by atoms with E-state index in [0.717, 1.165) is 114 Å². The predicted molar refractivity (Wildman–Crippen MR) is 357 cm³/mol. The van der Waals surface area contributed by atoms with Crippen molar-refractivity contribution in [3.8, 4) is 45.3 Å². The summed E-state index contributed by atoms with van der Waals surface area (Å²) in [6.07, 6.45) is 0. The summed E-state index contributed by atoms with van der Waals surface area (Å²) in [6.45, 7) is 8.25. The van der Waals surface area contributed by atoms with Crippen molar-refractivity contribution < 1.29 is 13.6 Å². The number of rotatable bonds is 12. The third-order valence-corrected chi connectivity index (χ3v) is 17.4. The molecule has 0 atom stereocenters. The molecule has 0 bridgehead atoms. The van der Waals surface area contributed by atoms with Crippen LogP contribution in [-0.4, -0.2) is 40.7 Å². The van der Waals surface area contributed by atoms with Gasteiger partial charge in [-0.3, -0.25) is 0 Å². The molecule has 10 nitrogen and oxygen atoms in total. The average molecular weight is 1130 g/mol. The highest BCUT2D eigenvalue weighted by Crippen LogP contribution is 2.50. The molecule has 0 aliphatic carbocycles. The number of para-hydroxylation sites is 4. The summed E-state index contributed by atoms with van der Waals surface area (Å²) in [4.78, 5) is 17.7. The Kier molecular flexibility index (Phi) is 12.1. The zero-order chi connectivity index (χ0) is 60.7. The molecular formula is C76H66N8O2. The largest absolute Gasteiger partial charge is 0.457 e. The van der Waals surface area contributed by atoms with Crippen LogP contribution in [0.25, 0.3) is 22.3 Å². The van der Waals surface area contributed by atoms with Crippen molar-refractivity contribution in [3.63, 3.8) is 0 Å². The Morgan fingerprint density at radius 3 is 1.03 bits per heavy atom. The standard InChI is InChI=1S/C76H66N8O2/c1-51-35-73-75(37-53(51)3)79(47-77(73)5)63-39-57(55-19-9-7-10-20-55)41-67(45-63)85-65-25-17-23-61(43-65)83-49-81(69-27-13-15-29-71(69)83)59-31-33-60(34-32-59)82-50-84(72-30-16-14-28-70(72)82)62-24-18-26-66(44-62)86-68-42-58(56-21-11-8-12-22-56)40-64(46-68)80-48-78(6)74-36-52(2)54(4)38-76(74)80/h7-46H,47-50H2,1-6H3/i5D3. The minimum Gasteiger partial charge on any atom is -0.457 e. The molecule has 0 aromatic heterocycles. The Morgan fingerprint density at radius 1 is 0.267 bits per heavy atom. The fourth-order valence-corrected chi connectivity index (χ4v) is 12.6. The molecule has 0 saturated heterocycles. The van der Waals surface area contributed by atoms with Gasteiger partial charge in [0.1, 0.15) is 36.3 Å². The number of nitrogens with zero attached hydrogens (tertiary/aromatic N) is 8. The van der Waals surface area contributed by atoms with Crippen molar-refractivity contribution in [2.75, 3.05) is 79.9 Å². The third kappa shape index (κ3) is 9.49. The Morgan fingerprint density at radius 2 is 0.616 bits per heavy atom. The third-order valence-electron chi connectivity index (χ3n) is 17.4. The minimum atomic E-state index is -2.32. The highest BCUT2D eigenvalue weighted by atomic mass is 16.5. The van der Waals surface area contributed by atoms with Gasteiger partial charge < -0.3 is 48.7 Å². The van der Waals surface area contributed by atoms with Gasteiger partial charge in [0, 0.05) is 76.5 Å². The van der Waals surface area contributed by atoms with Crippen LogP contribution in [0.4, 0.5) is 79.6 Å². The Labute approximate surface area is 508 Å². The Bertz CT molecular complexity index is 4520. The van der Waals surface area contributed by atoms with Gasteiger partial charge in [0.25, 0.3) is 0 Å². The lowest BCUT2D eigenvalue weighted by atomic mass is 10.0. The molecule has 0 unspecified atom stereocenters. The van der Waals surface area contributed by atoms with Crippen LogP contribution in [0.15, 0.2) is 243 Å². The zero-order valence-electron chi connectivity index (χ0n) is 51.8. The van der Waals surface area contributed by atoms with Crippen LogP contribution in [-0.2, 0) is 0 Å². The summed E-state index contributed by atoms with van der Waals surface area (Å²) >= 11 is 0. The van der Waals surface area contributed by atoms with Crippen LogP contribution < -0.4 is 48.7 Å². The first-order chi connectivity index (χ1) is 43.2. The van der Waals surface area contributed by atoms with Gasteiger partial charge in [-0.25, -0.2) is 0 Å². The molecule has 86 heavy (non-hydrogen) atoms. The fourth-order valence-electron chi connectivity index (χ4n) is 12.6. The second-order valence-corrected chi connectivity index (χ2v) is 23.0. The number of benzene rings is 11. The highest BCUT2D eigenvalue weighted by Gasteiger charge is 2.32. The number of anilines is 14. The molecule has 0 radical (unpaired) electrons. The van der Waals surface area contributed by atoms with Crippen LogP contribution >= 0.6 is 0 Å². The zero-order valence-corrected chi connectivity index (χ0v) is 48.8. The molecule has 0 N–H and O–H groups in total. The van der Waals surface area contributed by atoms with E-state index in [1.165, 1.54) is 27.4 Å². The second kappa shape index (κ2) is 21.2. The van der Waals surface area contributed by atoms with E-state index in [1.54, 1.807) is 0 Å². The normalized spacial score (nSPS) is 14.7. The molecule has 0 fully saturated rings. The maximum absolute atomic E-state index is 8.47. The van der Waals surface area contributed by atoms with Crippen molar-refractivity contribution in [3.05, 3.63) is 265 Å². The lowest BCUT2D eigenvalue weighted by Gasteiger charge is -2.25. The molecular weight excluding hydrogens is 1060 g/mol. The van der Waals surface area contributed by atoms with Gasteiger partial charge in [-0.05, 0) is 194 Å². The summed E-state index contributed by atoms with van der Waals surface area (Å²) in [5.41, 5.74) is 23.4. The average Bonchev–Trinajstić information content (AvgIpc) is 1.76. The highest BCUT2D eigenvalue weighted by molar-refractivity contribution is 5.91. The van der Waals surface area contributed by atoms with E-state index < -0.39 is 6.98 Å². The van der Waals surface area contributed by atoms with Gasteiger partial charge in [0.05, 0.1) is 58.8 Å². The Hall–Kier alpha value is -10.6. The smallest absolute Gasteiger partial charge is 0.130 e. The van der Waals surface area contributed by atoms with E-state index >= 15 is 0 Å². The molecule has 4 aliphatic heterocycles. The van der Waals surface area contributed by atoms with Gasteiger partial charge in [-0.1, -0.05) is 97.1 Å². The fraction of sp³-hybridized carbons (Fsp3) is 0.132. The topological polar surface area (TPSA) is 44.4 Å². The number of aryl methyl sites for hydroxylation is 4. The first kappa shape index (κ1) is 48.9. The molecule has 11 aromatic rings. The van der Waals surface area contributed by atoms with Crippen molar-refractivity contribution in [1.82, 2.24) is 0 Å². The van der Waals surface area contributed by atoms with Crippen molar-refractivity contribution in [2.24, 2.45) is 0 Å². The van der Waals surface area contributed by atoms with Gasteiger partial charge in [0.15, 0.2) is 0 Å². The molecule has 10 heteroatoms. The van der Waals surface area contributed by atoms with Gasteiger partial charge in [0.2, 0.25) is 0 Å². The van der Waals surface area contributed by atoms with Crippen LogP contribution in [0.3, 0.4) is 0 Å². The van der Waals surface area contributed by atoms with Crippen molar-refractivity contribution in [1.29, 1.82) is 0 Å². The van der Waals surface area contributed by atoms with E-state index in [-0.39, 0.29) is 6.67 Å². The first-order valence-electron chi connectivity index (χ1n) is 30.9. The quantitative estimate of drug-likeness (QED) is 0.118. The summed E-state index contributed by atoms with van der Waals surface area (Å²) in [7, 11) is 2.16. The second-order valence-electron chi connectivity index (χ2n) is 23.0. The Balaban J connectivity index is 0.680. The monoisotopic (exact) mass is 1130 g/mol. The molecule has 0 amide bonds. The predicted octanol–water partition coefficient (Wildman–Crippen LogP) is 19.4. The van der Waals surface area contributed by atoms with Gasteiger partial charge in [-0.15, -0.1) is 0 Å². The SMILES string of the molecule is [2H]C([2H])([2H])N1CN(c2cc(Oc3cccc(N4CN(c5ccc(N6CN(c7cccc(Oc8cc(-c9ccccc9)cc(N9CN(C)c%10cc(C)c(C)cc%109)c8)c7)c7ccccc76)cc5)c5ccccc54)c3)cc(-c3ccccc3)c2)c2cc(C)c(C)cc21. The summed E-state index contributed by atoms with van der Waals surface area (Å²) in [5, 5.41) is 0. The first-order valence-corrected chi connectivity index (χ1v) is 29.4. The van der Waals surface area contributed by atoms with E-state index in [4.69, 9.17) is 13.6 Å². The molecule has 4 aliphatic rings. The lowest BCUT2D eigenvalue weighted by molar-refractivity contribution is 0.482. The summed E-state index contributed by atoms with van der Waals surface area (Å²) in [5.74, 6) is 2.85. The molecule has 15 rings (SSSR count). The number of ether oxygens (including phenoxy) is 2. The van der Waals surface area contributed by atoms with Crippen LogP contribution in [0, 0.1) is 27.7 Å². The van der Waals surface area contributed by atoms with Gasteiger partial charge in [-0.2, -0.15) is 0 Å². The van der Waals surface area contributed by atoms with E-state index in [0.29, 0.717) is 30.5 Å². The van der Waals surface area contributed by atoms with E-state index in [2.05, 4.69) is 256 Å². The maximum atomic E-state index is 8.47. The van der Waals surface area contributed by atoms with Crippen molar-refractivity contribution in [2.45, 2.75) is 27.7 Å². The molecule has 422 valence electrons. The minimum absolute atomic E-state index is 0.175. The molecule has 0 spiro atoms. The van der Waals surface area contributed by atoms with Crippen LogP contribution in [0.5, 0.6) is 23.0 Å². The summed E-state index contributed by atoms with van der Waals surface area (Å²) in [6, 6.07) is 85.0. The van der Waals surface area contributed by atoms with Crippen molar-refractivity contribution >= 4 is 79.6 Å². The molecule has 0 saturated carbocycles. The molecule has 4 heterocycles. The van der Waals surface area contributed by atoms with E-state index in [1.807, 2.05) is 55.5 Å². The summed E-state index contributed by atoms with van der Waals surface area (Å²) < 4.78 is 39.2. The lowest BCUT2D eigenvalue weighted by Crippen LogP contribution is -2.25. The number of hydrogen-bond donors (Lipinski definition) is 0. The number of hydrogen-bond acceptors (Lipinski definition) is 10.